The molecule has 1 amide bonds. The van der Waals surface area contributed by atoms with Crippen molar-refractivity contribution >= 4 is 16.1 Å². The molecule has 0 aliphatic heterocycles. The Hall–Kier alpha value is -3.47. The van der Waals surface area contributed by atoms with E-state index in [0.717, 1.165) is 36.8 Å². The fraction of sp³-hybridized carbons (Fsp3) is 0.379. The van der Waals surface area contributed by atoms with E-state index in [2.05, 4.69) is 10.3 Å². The van der Waals surface area contributed by atoms with E-state index >= 15 is 0 Å². The third-order valence-electron chi connectivity index (χ3n) is 6.96. The molecule has 4 rings (SSSR count). The number of rotatable bonds is 12. The molecule has 10 heteroatoms. The van der Waals surface area contributed by atoms with Crippen LogP contribution in [0.1, 0.15) is 36.8 Å². The number of sulfonamides is 1. The zero-order valence-corrected chi connectivity index (χ0v) is 22.5. The first-order valence-electron chi connectivity index (χ1n) is 13.1. The number of carbonyl (C=O) groups is 1. The lowest BCUT2D eigenvalue weighted by Gasteiger charge is -2.31. The number of ether oxygens (including phenoxy) is 1. The summed E-state index contributed by atoms with van der Waals surface area (Å²) in [7, 11) is -3.97. The van der Waals surface area contributed by atoms with Crippen LogP contribution in [0.3, 0.4) is 0 Å². The molecule has 0 bridgehead atoms. The highest BCUT2D eigenvalue weighted by molar-refractivity contribution is 7.89. The molecule has 9 nitrogen and oxygen atoms in total. The summed E-state index contributed by atoms with van der Waals surface area (Å²) in [6.45, 7) is 0.0702. The second kappa shape index (κ2) is 13.5. The van der Waals surface area contributed by atoms with Crippen molar-refractivity contribution in [3.63, 3.8) is 0 Å². The molecule has 1 aromatic heterocycles. The molecule has 2 atom stereocenters. The second-order valence-corrected chi connectivity index (χ2v) is 11.8. The maximum Gasteiger partial charge on any atom is 0.407 e. The van der Waals surface area contributed by atoms with E-state index in [1.54, 1.807) is 24.5 Å². The molecular weight excluding hydrogens is 518 g/mol. The number of aliphatic hydroxyl groups is 1. The van der Waals surface area contributed by atoms with Crippen molar-refractivity contribution in [1.82, 2.24) is 14.6 Å². The van der Waals surface area contributed by atoms with E-state index in [4.69, 9.17) is 4.74 Å². The Morgan fingerprint density at radius 3 is 2.38 bits per heavy atom. The Balaban J connectivity index is 1.52. The standard InChI is InChI=1S/C29H35N3O6S/c33-25-12-14-26(15-13-25)39(36,37)32(19-23-9-4-5-10-23)20-28(34)27(17-22-7-2-1-3-8-22)31-29(35)38-21-24-11-6-16-30-18-24/h1-3,6-8,11-16,18,23,27-28,33-34H,4-5,9-10,17,19-21H2,(H,31,35)/t27?,28-/m0/s1. The van der Waals surface area contributed by atoms with Gasteiger partial charge < -0.3 is 20.3 Å². The minimum Gasteiger partial charge on any atom is -0.508 e. The van der Waals surface area contributed by atoms with Gasteiger partial charge in [-0.15, -0.1) is 0 Å². The minimum absolute atomic E-state index is 0.0108. The van der Waals surface area contributed by atoms with Gasteiger partial charge in [0, 0.05) is 31.0 Å². The van der Waals surface area contributed by atoms with Gasteiger partial charge >= 0.3 is 6.09 Å². The number of hydrogen-bond donors (Lipinski definition) is 3. The van der Waals surface area contributed by atoms with Gasteiger partial charge in [-0.3, -0.25) is 4.98 Å². The van der Waals surface area contributed by atoms with Gasteiger partial charge in [0.1, 0.15) is 12.4 Å². The molecule has 3 aromatic rings. The second-order valence-electron chi connectivity index (χ2n) is 9.91. The Kier molecular flexibility index (Phi) is 9.91. The maximum absolute atomic E-state index is 13.6. The third kappa shape index (κ3) is 8.26. The van der Waals surface area contributed by atoms with Gasteiger partial charge in [-0.1, -0.05) is 49.2 Å². The topological polar surface area (TPSA) is 129 Å². The number of alkyl carbamates (subject to hydrolysis) is 1. The highest BCUT2D eigenvalue weighted by Gasteiger charge is 2.33. The highest BCUT2D eigenvalue weighted by atomic mass is 32.2. The molecule has 1 saturated carbocycles. The first-order chi connectivity index (χ1) is 18.8. The summed E-state index contributed by atoms with van der Waals surface area (Å²) < 4.78 is 33.9. The van der Waals surface area contributed by atoms with Crippen molar-refractivity contribution < 1.29 is 28.2 Å². The molecule has 0 saturated heterocycles. The average Bonchev–Trinajstić information content (AvgIpc) is 3.46. The van der Waals surface area contributed by atoms with Crippen LogP contribution in [-0.2, 0) is 27.8 Å². The zero-order chi connectivity index (χ0) is 27.7. The Labute approximate surface area is 229 Å². The number of aromatic nitrogens is 1. The van der Waals surface area contributed by atoms with Crippen LogP contribution in [0, 0.1) is 5.92 Å². The van der Waals surface area contributed by atoms with Crippen LogP contribution < -0.4 is 5.32 Å². The number of nitrogens with one attached hydrogen (secondary N) is 1. The van der Waals surface area contributed by atoms with Crippen molar-refractivity contribution in [3.8, 4) is 5.75 Å². The molecule has 0 spiro atoms. The monoisotopic (exact) mass is 553 g/mol. The van der Waals surface area contributed by atoms with E-state index in [9.17, 15) is 23.4 Å². The van der Waals surface area contributed by atoms with Crippen LogP contribution >= 0.6 is 0 Å². The molecule has 39 heavy (non-hydrogen) atoms. The smallest absolute Gasteiger partial charge is 0.407 e. The summed E-state index contributed by atoms with van der Waals surface area (Å²) in [6.07, 6.45) is 5.49. The first-order valence-corrected chi connectivity index (χ1v) is 14.6. The molecule has 2 aromatic carbocycles. The summed E-state index contributed by atoms with van der Waals surface area (Å²) in [6, 6.07) is 17.4. The van der Waals surface area contributed by atoms with E-state index in [1.165, 1.54) is 28.6 Å². The SMILES string of the molecule is O=C(NC(Cc1ccccc1)[C@@H](O)CN(CC1CCCC1)S(=O)(=O)c1ccc(O)cc1)OCc1cccnc1. The lowest BCUT2D eigenvalue weighted by atomic mass is 10.0. The van der Waals surface area contributed by atoms with Gasteiger partial charge in [0.25, 0.3) is 0 Å². The predicted molar refractivity (Wildman–Crippen MR) is 146 cm³/mol. The number of hydrogen-bond acceptors (Lipinski definition) is 7. The summed E-state index contributed by atoms with van der Waals surface area (Å²) in [4.78, 5) is 16.8. The van der Waals surface area contributed by atoms with Crippen molar-refractivity contribution in [2.45, 2.75) is 55.8 Å². The van der Waals surface area contributed by atoms with Gasteiger partial charge in [-0.05, 0) is 61.1 Å². The van der Waals surface area contributed by atoms with Crippen molar-refractivity contribution in [2.24, 2.45) is 5.92 Å². The Morgan fingerprint density at radius 1 is 1.03 bits per heavy atom. The van der Waals surface area contributed by atoms with E-state index in [1.807, 2.05) is 30.3 Å². The number of phenolic OH excluding ortho intramolecular Hbond substituents is 1. The number of amides is 1. The lowest BCUT2D eigenvalue weighted by Crippen LogP contribution is -2.51. The lowest BCUT2D eigenvalue weighted by molar-refractivity contribution is 0.0866. The van der Waals surface area contributed by atoms with E-state index in [0.29, 0.717) is 0 Å². The molecule has 0 radical (unpaired) electrons. The summed E-state index contributed by atoms with van der Waals surface area (Å²) in [5.74, 6) is 0.155. The Bertz CT molecular complexity index is 1280. The van der Waals surface area contributed by atoms with Gasteiger partial charge in [0.15, 0.2) is 0 Å². The maximum atomic E-state index is 13.6. The average molecular weight is 554 g/mol. The van der Waals surface area contributed by atoms with Crippen LogP contribution in [0.5, 0.6) is 5.75 Å². The fourth-order valence-electron chi connectivity index (χ4n) is 4.83. The first kappa shape index (κ1) is 28.5. The number of benzene rings is 2. The fourth-order valence-corrected chi connectivity index (χ4v) is 6.37. The zero-order valence-electron chi connectivity index (χ0n) is 21.7. The van der Waals surface area contributed by atoms with Gasteiger partial charge in [0.2, 0.25) is 10.0 Å². The molecule has 1 aliphatic rings. The van der Waals surface area contributed by atoms with Crippen molar-refractivity contribution in [1.29, 1.82) is 0 Å². The molecule has 208 valence electrons. The summed E-state index contributed by atoms with van der Waals surface area (Å²) in [5.41, 5.74) is 1.59. The summed E-state index contributed by atoms with van der Waals surface area (Å²) >= 11 is 0. The van der Waals surface area contributed by atoms with Crippen LogP contribution in [0.4, 0.5) is 4.79 Å². The van der Waals surface area contributed by atoms with Gasteiger partial charge in [-0.2, -0.15) is 4.31 Å². The number of phenols is 1. The van der Waals surface area contributed by atoms with Crippen LogP contribution in [0.2, 0.25) is 0 Å². The van der Waals surface area contributed by atoms with Gasteiger partial charge in [-0.25, -0.2) is 13.2 Å². The van der Waals surface area contributed by atoms with Crippen molar-refractivity contribution in [2.75, 3.05) is 13.1 Å². The summed E-state index contributed by atoms with van der Waals surface area (Å²) in [5, 5.41) is 23.8. The minimum atomic E-state index is -3.97. The van der Waals surface area contributed by atoms with E-state index < -0.39 is 28.3 Å². The number of nitrogens with zero attached hydrogens (tertiary/aromatic N) is 2. The van der Waals surface area contributed by atoms with Crippen molar-refractivity contribution in [3.05, 3.63) is 90.3 Å². The molecule has 3 N–H and O–H groups in total. The number of pyridine rings is 1. The highest BCUT2D eigenvalue weighted by Crippen LogP contribution is 2.28. The van der Waals surface area contributed by atoms with Crippen LogP contribution in [0.15, 0.2) is 84.0 Å². The van der Waals surface area contributed by atoms with E-state index in [-0.39, 0.29) is 42.7 Å². The normalized spacial score (nSPS) is 15.6. The van der Waals surface area contributed by atoms with Gasteiger partial charge in [0.05, 0.1) is 17.0 Å². The molecule has 1 unspecified atom stereocenters. The third-order valence-corrected chi connectivity index (χ3v) is 8.81. The predicted octanol–water partition coefficient (Wildman–Crippen LogP) is 3.87. The molecule has 1 aliphatic carbocycles. The molecule has 1 fully saturated rings. The molecular formula is C29H35N3O6S. The molecule has 1 heterocycles. The number of aromatic hydroxyl groups is 1. The van der Waals surface area contributed by atoms with Crippen LogP contribution in [0.25, 0.3) is 0 Å². The quantitative estimate of drug-likeness (QED) is 0.311. The number of carbonyl (C=O) groups excluding carboxylic acids is 1. The number of aliphatic hydroxyl groups excluding tert-OH is 1. The Morgan fingerprint density at radius 2 is 1.72 bits per heavy atom. The van der Waals surface area contributed by atoms with Crippen LogP contribution in [-0.4, -0.2) is 59.2 Å². The largest absolute Gasteiger partial charge is 0.508 e.